The molecule has 0 radical (unpaired) electrons. The monoisotopic (exact) mass is 306 g/mol. The molecule has 0 aliphatic carbocycles. The fourth-order valence-corrected chi connectivity index (χ4v) is 2.64. The highest BCUT2D eigenvalue weighted by molar-refractivity contribution is 6.22. The van der Waals surface area contributed by atoms with Crippen molar-refractivity contribution in [1.29, 1.82) is 0 Å². The van der Waals surface area contributed by atoms with E-state index in [1.165, 1.54) is 6.07 Å². The van der Waals surface area contributed by atoms with Crippen LogP contribution < -0.4 is 5.32 Å². The second-order valence-corrected chi connectivity index (χ2v) is 5.33. The van der Waals surface area contributed by atoms with Crippen molar-refractivity contribution in [3.8, 4) is 0 Å². The molecule has 7 heteroatoms. The molecular weight excluding hydrogens is 291 g/mol. The Balaban J connectivity index is 1.62. The van der Waals surface area contributed by atoms with Crippen LogP contribution in [0.25, 0.3) is 0 Å². The number of carbonyl (C=O) groups excluding carboxylic acids is 3. The van der Waals surface area contributed by atoms with Gasteiger partial charge in [-0.25, -0.2) is 4.39 Å². The van der Waals surface area contributed by atoms with Gasteiger partial charge in [0.2, 0.25) is 5.91 Å². The predicted octanol–water partition coefficient (Wildman–Crippen LogP) is 0.717. The molecule has 0 aromatic heterocycles. The molecule has 6 nitrogen and oxygen atoms in total. The van der Waals surface area contributed by atoms with Crippen molar-refractivity contribution in [3.63, 3.8) is 0 Å². The van der Waals surface area contributed by atoms with E-state index in [-0.39, 0.29) is 23.8 Å². The van der Waals surface area contributed by atoms with Crippen molar-refractivity contribution in [3.05, 3.63) is 35.1 Å². The number of amides is 3. The number of halogens is 1. The van der Waals surface area contributed by atoms with Gasteiger partial charge in [-0.15, -0.1) is 0 Å². The highest BCUT2D eigenvalue weighted by Gasteiger charge is 2.36. The van der Waals surface area contributed by atoms with Gasteiger partial charge in [0.1, 0.15) is 12.4 Å². The van der Waals surface area contributed by atoms with Crippen LogP contribution in [0.1, 0.15) is 33.6 Å². The topological polar surface area (TPSA) is 75.7 Å². The lowest BCUT2D eigenvalue weighted by Gasteiger charge is -2.15. The zero-order chi connectivity index (χ0) is 15.7. The predicted molar refractivity (Wildman–Crippen MR) is 73.8 cm³/mol. The third-order valence-corrected chi connectivity index (χ3v) is 3.79. The summed E-state index contributed by atoms with van der Waals surface area (Å²) in [6.07, 6.45) is 1.83. The number of benzene rings is 1. The van der Waals surface area contributed by atoms with Gasteiger partial charge in [-0.2, -0.15) is 0 Å². The number of ether oxygens (including phenoxy) is 1. The Morgan fingerprint density at radius 3 is 2.82 bits per heavy atom. The fraction of sp³-hybridized carbons (Fsp3) is 0.400. The molecule has 2 aliphatic heterocycles. The fourth-order valence-electron chi connectivity index (χ4n) is 2.64. The number of hydrogen-bond acceptors (Lipinski definition) is 4. The minimum Gasteiger partial charge on any atom is -0.376 e. The van der Waals surface area contributed by atoms with E-state index in [4.69, 9.17) is 4.74 Å². The van der Waals surface area contributed by atoms with Crippen LogP contribution in [-0.4, -0.2) is 48.4 Å². The number of carbonyl (C=O) groups is 3. The summed E-state index contributed by atoms with van der Waals surface area (Å²) in [4.78, 5) is 36.9. The number of nitrogens with one attached hydrogen (secondary N) is 1. The van der Waals surface area contributed by atoms with Crippen molar-refractivity contribution < 1.29 is 23.5 Å². The molecule has 1 aromatic carbocycles. The minimum absolute atomic E-state index is 0.00285. The average molecular weight is 306 g/mol. The lowest BCUT2D eigenvalue weighted by molar-refractivity contribution is -0.121. The van der Waals surface area contributed by atoms with Gasteiger partial charge in [0.05, 0.1) is 17.2 Å². The molecule has 1 atom stereocenters. The first-order valence-electron chi connectivity index (χ1n) is 7.10. The summed E-state index contributed by atoms with van der Waals surface area (Å²) < 4.78 is 18.5. The van der Waals surface area contributed by atoms with Crippen LogP contribution in [0.15, 0.2) is 18.2 Å². The van der Waals surface area contributed by atoms with Crippen LogP contribution in [0.5, 0.6) is 0 Å². The molecule has 22 heavy (non-hydrogen) atoms. The van der Waals surface area contributed by atoms with Gasteiger partial charge in [0.25, 0.3) is 11.8 Å². The van der Waals surface area contributed by atoms with E-state index in [9.17, 15) is 18.8 Å². The first-order chi connectivity index (χ1) is 10.6. The molecule has 1 unspecified atom stereocenters. The molecule has 116 valence electrons. The van der Waals surface area contributed by atoms with Crippen LogP contribution in [0.4, 0.5) is 4.39 Å². The SMILES string of the molecule is O=C(CN1C(=O)c2ccc(F)cc2C1=O)NCC1CCCO1. The zero-order valence-electron chi connectivity index (χ0n) is 11.8. The molecule has 0 saturated carbocycles. The smallest absolute Gasteiger partial charge is 0.262 e. The van der Waals surface area contributed by atoms with Crippen molar-refractivity contribution in [1.82, 2.24) is 10.2 Å². The summed E-state index contributed by atoms with van der Waals surface area (Å²) in [6.45, 7) is 0.668. The molecule has 0 spiro atoms. The van der Waals surface area contributed by atoms with Gasteiger partial charge in [-0.3, -0.25) is 19.3 Å². The number of hydrogen-bond donors (Lipinski definition) is 1. The molecule has 2 aliphatic rings. The number of imide groups is 1. The van der Waals surface area contributed by atoms with Gasteiger partial charge in [0, 0.05) is 13.2 Å². The largest absolute Gasteiger partial charge is 0.376 e. The zero-order valence-corrected chi connectivity index (χ0v) is 11.8. The van der Waals surface area contributed by atoms with E-state index in [0.29, 0.717) is 13.2 Å². The average Bonchev–Trinajstić information content (AvgIpc) is 3.09. The lowest BCUT2D eigenvalue weighted by Crippen LogP contribution is -2.42. The van der Waals surface area contributed by atoms with Crippen molar-refractivity contribution in [2.75, 3.05) is 19.7 Å². The van der Waals surface area contributed by atoms with Crippen molar-refractivity contribution >= 4 is 17.7 Å². The highest BCUT2D eigenvalue weighted by Crippen LogP contribution is 2.23. The summed E-state index contributed by atoms with van der Waals surface area (Å²) in [6, 6.07) is 3.39. The van der Waals surface area contributed by atoms with E-state index in [1.54, 1.807) is 0 Å². The Morgan fingerprint density at radius 2 is 2.09 bits per heavy atom. The van der Waals surface area contributed by atoms with Crippen LogP contribution in [0.3, 0.4) is 0 Å². The van der Waals surface area contributed by atoms with Gasteiger partial charge < -0.3 is 10.1 Å². The summed E-state index contributed by atoms with van der Waals surface area (Å²) >= 11 is 0. The summed E-state index contributed by atoms with van der Waals surface area (Å²) in [5, 5.41) is 2.65. The van der Waals surface area contributed by atoms with Gasteiger partial charge >= 0.3 is 0 Å². The molecule has 1 saturated heterocycles. The Labute approximate surface area is 126 Å². The second-order valence-electron chi connectivity index (χ2n) is 5.33. The van der Waals surface area contributed by atoms with E-state index in [2.05, 4.69) is 5.32 Å². The maximum Gasteiger partial charge on any atom is 0.262 e. The van der Waals surface area contributed by atoms with Crippen LogP contribution in [0.2, 0.25) is 0 Å². The number of nitrogens with zero attached hydrogens (tertiary/aromatic N) is 1. The third kappa shape index (κ3) is 2.71. The number of fused-ring (bicyclic) bond motifs is 1. The maximum atomic E-state index is 13.2. The second kappa shape index (κ2) is 5.84. The standard InChI is InChI=1S/C15H15FN2O4/c16-9-3-4-11-12(6-9)15(21)18(14(11)20)8-13(19)17-7-10-2-1-5-22-10/h3-4,6,10H,1-2,5,7-8H2,(H,17,19). The Hall–Kier alpha value is -2.28. The first-order valence-corrected chi connectivity index (χ1v) is 7.10. The van der Waals surface area contributed by atoms with Crippen molar-refractivity contribution in [2.45, 2.75) is 18.9 Å². The molecule has 3 rings (SSSR count). The quantitative estimate of drug-likeness (QED) is 0.832. The van der Waals surface area contributed by atoms with Crippen LogP contribution in [0, 0.1) is 5.82 Å². The van der Waals surface area contributed by atoms with Crippen LogP contribution in [-0.2, 0) is 9.53 Å². The minimum atomic E-state index is -0.647. The van der Waals surface area contributed by atoms with Gasteiger partial charge in [0.15, 0.2) is 0 Å². The van der Waals surface area contributed by atoms with Gasteiger partial charge in [-0.05, 0) is 31.0 Å². The molecule has 1 fully saturated rings. The van der Waals surface area contributed by atoms with Crippen molar-refractivity contribution in [2.24, 2.45) is 0 Å². The Bertz CT molecular complexity index is 640. The first kappa shape index (κ1) is 14.6. The molecular formula is C15H15FN2O4. The molecule has 1 aromatic rings. The highest BCUT2D eigenvalue weighted by atomic mass is 19.1. The summed E-state index contributed by atoms with van der Waals surface area (Å²) in [5.41, 5.74) is 0.121. The van der Waals surface area contributed by atoms with E-state index in [1.807, 2.05) is 0 Å². The number of rotatable bonds is 4. The van der Waals surface area contributed by atoms with E-state index in [0.717, 1.165) is 29.9 Å². The van der Waals surface area contributed by atoms with E-state index < -0.39 is 23.5 Å². The third-order valence-electron chi connectivity index (χ3n) is 3.79. The van der Waals surface area contributed by atoms with Gasteiger partial charge in [-0.1, -0.05) is 0 Å². The molecule has 0 bridgehead atoms. The lowest BCUT2D eigenvalue weighted by atomic mass is 10.1. The molecule has 2 heterocycles. The summed E-state index contributed by atoms with van der Waals surface area (Å²) in [7, 11) is 0. The Morgan fingerprint density at radius 1 is 1.32 bits per heavy atom. The Kier molecular flexibility index (Phi) is 3.89. The van der Waals surface area contributed by atoms with Crippen LogP contribution >= 0.6 is 0 Å². The van der Waals surface area contributed by atoms with E-state index >= 15 is 0 Å². The summed E-state index contributed by atoms with van der Waals surface area (Å²) in [5.74, 6) is -2.26. The molecule has 1 N–H and O–H groups in total. The molecule has 3 amide bonds. The maximum absolute atomic E-state index is 13.2. The normalized spacial score (nSPS) is 20.4.